The molecular weight excluding hydrogens is 218 g/mol. The summed E-state index contributed by atoms with van der Waals surface area (Å²) in [7, 11) is -1.50. The first kappa shape index (κ1) is 12.4. The molecule has 1 heterocycles. The average molecular weight is 233 g/mol. The fourth-order valence-electron chi connectivity index (χ4n) is 1.35. The van der Waals surface area contributed by atoms with Gasteiger partial charge >= 0.3 is 0 Å². The van der Waals surface area contributed by atoms with Gasteiger partial charge < -0.3 is 9.64 Å². The fraction of sp³-hybridized carbons (Fsp3) is 0.875. The van der Waals surface area contributed by atoms with Crippen LogP contribution >= 0.6 is 0 Å². The van der Waals surface area contributed by atoms with Gasteiger partial charge in [-0.3, -0.25) is 0 Å². The van der Waals surface area contributed by atoms with Crippen molar-refractivity contribution in [1.82, 2.24) is 9.62 Å². The van der Waals surface area contributed by atoms with E-state index in [1.165, 1.54) is 0 Å². The van der Waals surface area contributed by atoms with Crippen LogP contribution in [-0.4, -0.2) is 58.5 Å². The third kappa shape index (κ3) is 4.57. The Kier molecular flexibility index (Phi) is 4.47. The second-order valence-corrected chi connectivity index (χ2v) is 5.33. The number of morpholine rings is 1. The van der Waals surface area contributed by atoms with Gasteiger partial charge in [-0.05, 0) is 7.05 Å². The molecule has 1 rings (SSSR count). The van der Waals surface area contributed by atoms with Crippen LogP contribution in [0.15, 0.2) is 0 Å². The van der Waals surface area contributed by atoms with Crippen LogP contribution in [0.25, 0.3) is 0 Å². The lowest BCUT2D eigenvalue weighted by Crippen LogP contribution is -2.46. The number of sulfonamides is 1. The monoisotopic (exact) mass is 233 g/mol. The lowest BCUT2D eigenvalue weighted by molar-refractivity contribution is -0.0156. The Hall–Kier alpha value is -0.680. The maximum absolute atomic E-state index is 11.2. The summed E-state index contributed by atoms with van der Waals surface area (Å²) in [5, 5.41) is 8.27. The van der Waals surface area contributed by atoms with Crippen LogP contribution in [0.5, 0.6) is 0 Å². The molecule has 15 heavy (non-hydrogen) atoms. The Bertz CT molecular complexity index is 336. The minimum atomic E-state index is -3.46. The molecule has 1 saturated heterocycles. The molecule has 86 valence electrons. The van der Waals surface area contributed by atoms with Crippen molar-refractivity contribution in [1.29, 1.82) is 5.26 Å². The summed E-state index contributed by atoms with van der Waals surface area (Å²) < 4.78 is 30.0. The lowest BCUT2D eigenvalue weighted by atomic mass is 10.3. The summed E-state index contributed by atoms with van der Waals surface area (Å²) in [6.07, 6.45) is -0.128. The Labute approximate surface area is 89.9 Å². The molecule has 0 amide bonds. The van der Waals surface area contributed by atoms with Gasteiger partial charge in [0.05, 0.1) is 18.8 Å². The van der Waals surface area contributed by atoms with Gasteiger partial charge in [-0.25, -0.2) is 13.1 Å². The normalized spacial score (nSPS) is 23.6. The van der Waals surface area contributed by atoms with E-state index in [1.807, 2.05) is 7.05 Å². The number of nitrogens with one attached hydrogen (secondary N) is 1. The smallest absolute Gasteiger partial charge is 0.225 e. The van der Waals surface area contributed by atoms with Crippen molar-refractivity contribution in [2.45, 2.75) is 6.10 Å². The van der Waals surface area contributed by atoms with Crippen molar-refractivity contribution in [2.24, 2.45) is 0 Å². The third-order valence-electron chi connectivity index (χ3n) is 2.13. The predicted octanol–water partition coefficient (Wildman–Crippen LogP) is -1.24. The number of hydrogen-bond acceptors (Lipinski definition) is 5. The summed E-state index contributed by atoms with van der Waals surface area (Å²) in [4.78, 5) is 2.08. The Morgan fingerprint density at radius 1 is 1.67 bits per heavy atom. The molecule has 6 nitrogen and oxygen atoms in total. The maximum Gasteiger partial charge on any atom is 0.225 e. The van der Waals surface area contributed by atoms with Crippen molar-refractivity contribution in [3.8, 4) is 6.07 Å². The molecular formula is C8H15N3O3S. The highest BCUT2D eigenvalue weighted by Crippen LogP contribution is 2.01. The predicted molar refractivity (Wildman–Crippen MR) is 54.6 cm³/mol. The van der Waals surface area contributed by atoms with Crippen LogP contribution in [0.2, 0.25) is 0 Å². The van der Waals surface area contributed by atoms with Crippen molar-refractivity contribution in [3.63, 3.8) is 0 Å². The van der Waals surface area contributed by atoms with E-state index in [9.17, 15) is 8.42 Å². The molecule has 1 atom stereocenters. The Morgan fingerprint density at radius 3 is 3.00 bits per heavy atom. The molecule has 1 aliphatic rings. The fourth-order valence-corrected chi connectivity index (χ4v) is 2.06. The largest absolute Gasteiger partial charge is 0.374 e. The average Bonchev–Trinajstić information content (AvgIpc) is 2.15. The minimum Gasteiger partial charge on any atom is -0.374 e. The zero-order valence-electron chi connectivity index (χ0n) is 8.64. The second-order valence-electron chi connectivity index (χ2n) is 3.52. The van der Waals surface area contributed by atoms with Gasteiger partial charge in [-0.1, -0.05) is 0 Å². The SMILES string of the molecule is CN1CCOC(CNS(=O)(=O)CC#N)C1. The van der Waals surface area contributed by atoms with Gasteiger partial charge in [-0.2, -0.15) is 5.26 Å². The molecule has 0 bridgehead atoms. The van der Waals surface area contributed by atoms with Gasteiger partial charge in [0, 0.05) is 19.6 Å². The Morgan fingerprint density at radius 2 is 2.40 bits per heavy atom. The molecule has 0 aromatic rings. The number of nitrogens with zero attached hydrogens (tertiary/aromatic N) is 2. The van der Waals surface area contributed by atoms with E-state index in [2.05, 4.69) is 9.62 Å². The van der Waals surface area contributed by atoms with Crippen molar-refractivity contribution in [2.75, 3.05) is 39.0 Å². The molecule has 0 spiro atoms. The van der Waals surface area contributed by atoms with Crippen LogP contribution in [0.1, 0.15) is 0 Å². The first-order valence-corrected chi connectivity index (χ1v) is 6.33. The number of likely N-dealkylation sites (N-methyl/N-ethyl adjacent to an activating group) is 1. The highest BCUT2D eigenvalue weighted by Gasteiger charge is 2.19. The summed E-state index contributed by atoms with van der Waals surface area (Å²) in [6, 6.07) is 1.60. The minimum absolute atomic E-state index is 0.128. The summed E-state index contributed by atoms with van der Waals surface area (Å²) in [5.74, 6) is -0.504. The lowest BCUT2D eigenvalue weighted by Gasteiger charge is -2.29. The van der Waals surface area contributed by atoms with E-state index >= 15 is 0 Å². The van der Waals surface area contributed by atoms with E-state index < -0.39 is 15.8 Å². The highest BCUT2D eigenvalue weighted by molar-refractivity contribution is 7.89. The molecule has 0 aromatic heterocycles. The van der Waals surface area contributed by atoms with Gasteiger partial charge in [0.15, 0.2) is 5.75 Å². The van der Waals surface area contributed by atoms with Crippen molar-refractivity contribution in [3.05, 3.63) is 0 Å². The first-order valence-electron chi connectivity index (χ1n) is 4.68. The van der Waals surface area contributed by atoms with Gasteiger partial charge in [0.1, 0.15) is 0 Å². The molecule has 1 N–H and O–H groups in total. The van der Waals surface area contributed by atoms with Crippen LogP contribution in [-0.2, 0) is 14.8 Å². The molecule has 1 fully saturated rings. The van der Waals surface area contributed by atoms with E-state index in [0.717, 1.165) is 6.54 Å². The first-order chi connectivity index (χ1) is 7.03. The summed E-state index contributed by atoms with van der Waals surface area (Å²) in [6.45, 7) is 2.41. The van der Waals surface area contributed by atoms with Crippen LogP contribution in [0, 0.1) is 11.3 Å². The highest BCUT2D eigenvalue weighted by atomic mass is 32.2. The van der Waals surface area contributed by atoms with Crippen LogP contribution in [0.4, 0.5) is 0 Å². The molecule has 0 aliphatic carbocycles. The van der Waals surface area contributed by atoms with Crippen LogP contribution < -0.4 is 4.72 Å². The number of hydrogen-bond donors (Lipinski definition) is 1. The Balaban J connectivity index is 2.34. The zero-order chi connectivity index (χ0) is 11.3. The van der Waals surface area contributed by atoms with Crippen molar-refractivity contribution >= 4 is 10.0 Å². The topological polar surface area (TPSA) is 82.4 Å². The van der Waals surface area contributed by atoms with Crippen molar-refractivity contribution < 1.29 is 13.2 Å². The van der Waals surface area contributed by atoms with Crippen LogP contribution in [0.3, 0.4) is 0 Å². The van der Waals surface area contributed by atoms with E-state index in [1.54, 1.807) is 6.07 Å². The zero-order valence-corrected chi connectivity index (χ0v) is 9.46. The second kappa shape index (κ2) is 5.42. The van der Waals surface area contributed by atoms with E-state index in [-0.39, 0.29) is 12.6 Å². The van der Waals surface area contributed by atoms with E-state index in [0.29, 0.717) is 13.2 Å². The van der Waals surface area contributed by atoms with Gasteiger partial charge in [0.2, 0.25) is 10.0 Å². The number of ether oxygens (including phenoxy) is 1. The van der Waals surface area contributed by atoms with Gasteiger partial charge in [0.25, 0.3) is 0 Å². The molecule has 1 unspecified atom stereocenters. The molecule has 0 aromatic carbocycles. The van der Waals surface area contributed by atoms with E-state index in [4.69, 9.17) is 10.00 Å². The summed E-state index contributed by atoms with van der Waals surface area (Å²) >= 11 is 0. The standard InChI is InChI=1S/C8H15N3O3S/c1-11-3-4-14-8(7-11)6-10-15(12,13)5-2-9/h8,10H,3-7H2,1H3. The quantitative estimate of drug-likeness (QED) is 0.656. The molecule has 7 heteroatoms. The molecule has 0 radical (unpaired) electrons. The molecule has 0 saturated carbocycles. The summed E-state index contributed by atoms with van der Waals surface area (Å²) in [5.41, 5.74) is 0. The maximum atomic E-state index is 11.2. The number of rotatable bonds is 4. The van der Waals surface area contributed by atoms with Gasteiger partial charge in [-0.15, -0.1) is 0 Å². The third-order valence-corrected chi connectivity index (χ3v) is 3.24. The molecule has 1 aliphatic heterocycles. The number of nitriles is 1.